The van der Waals surface area contributed by atoms with Gasteiger partial charge in [-0.1, -0.05) is 0 Å². The molecule has 0 nitrogen and oxygen atoms in total. The standard InChI is InChI=1S/C22H27PSi.Au/c1-24(2,3)19-23(20-13-7-4-8-14-20,21-15-9-5-10-16-21)22-17-11-6-12-18-22;/h4-18,23H,19H2,1-3H3;. The molecule has 3 aromatic rings. The first-order valence-corrected chi connectivity index (χ1v) is 14.6. The van der Waals surface area contributed by atoms with Crippen LogP contribution in [0.25, 0.3) is 0 Å². The van der Waals surface area contributed by atoms with E-state index < -0.39 is 15.3 Å². The quantitative estimate of drug-likeness (QED) is 0.324. The Kier molecular flexibility index (Phi) is 7.02. The molecule has 0 aliphatic carbocycles. The van der Waals surface area contributed by atoms with Crippen molar-refractivity contribution in [2.24, 2.45) is 0 Å². The second kappa shape index (κ2) is 8.62. The van der Waals surface area contributed by atoms with Gasteiger partial charge in [-0.25, -0.2) is 0 Å². The van der Waals surface area contributed by atoms with Gasteiger partial charge in [0.1, 0.15) is 0 Å². The second-order valence-corrected chi connectivity index (χ2v) is 17.8. The molecule has 1 radical (unpaired) electrons. The molecule has 0 saturated carbocycles. The van der Waals surface area contributed by atoms with Crippen LogP contribution >= 0.6 is 7.26 Å². The average Bonchev–Trinajstić information content (AvgIpc) is 2.61. The normalized spacial score (nSPS) is 12.3. The van der Waals surface area contributed by atoms with Crippen LogP contribution in [0.3, 0.4) is 0 Å². The molecule has 0 unspecified atom stereocenters. The molecule has 0 aliphatic rings. The Morgan fingerprint density at radius 3 is 1.08 bits per heavy atom. The fourth-order valence-electron chi connectivity index (χ4n) is 3.77. The van der Waals surface area contributed by atoms with Crippen LogP contribution in [0.5, 0.6) is 0 Å². The van der Waals surface area contributed by atoms with E-state index in [0.717, 1.165) is 0 Å². The first-order valence-electron chi connectivity index (χ1n) is 8.69. The summed E-state index contributed by atoms with van der Waals surface area (Å²) in [7, 11) is -3.28. The number of benzene rings is 3. The molecule has 3 aromatic carbocycles. The van der Waals surface area contributed by atoms with Gasteiger partial charge in [-0.2, -0.15) is 0 Å². The van der Waals surface area contributed by atoms with E-state index in [-0.39, 0.29) is 22.4 Å². The van der Waals surface area contributed by atoms with Gasteiger partial charge in [0, 0.05) is 22.4 Å². The van der Waals surface area contributed by atoms with E-state index in [1.54, 1.807) is 0 Å². The van der Waals surface area contributed by atoms with Gasteiger partial charge in [-0.3, -0.25) is 0 Å². The first kappa shape index (κ1) is 20.4. The minimum Gasteiger partial charge on any atom is 0 e. The Bertz CT molecular complexity index is 671. The Hall–Kier alpha value is -0.953. The molecule has 0 saturated heterocycles. The van der Waals surface area contributed by atoms with Crippen molar-refractivity contribution >= 4 is 31.2 Å². The topological polar surface area (TPSA) is 0 Å². The summed E-state index contributed by atoms with van der Waals surface area (Å²) < 4.78 is 0. The van der Waals surface area contributed by atoms with Crippen LogP contribution in [0.1, 0.15) is 0 Å². The van der Waals surface area contributed by atoms with Crippen LogP contribution in [0, 0.1) is 0 Å². The molecule has 0 spiro atoms. The van der Waals surface area contributed by atoms with E-state index in [4.69, 9.17) is 0 Å². The number of hydrogen-bond donors (Lipinski definition) is 0. The number of rotatable bonds is 5. The van der Waals surface area contributed by atoms with Crippen molar-refractivity contribution in [3.8, 4) is 0 Å². The molecule has 0 fully saturated rings. The van der Waals surface area contributed by atoms with Gasteiger partial charge in [-0.05, 0) is 0 Å². The van der Waals surface area contributed by atoms with E-state index >= 15 is 0 Å². The van der Waals surface area contributed by atoms with Crippen molar-refractivity contribution in [1.82, 2.24) is 0 Å². The van der Waals surface area contributed by atoms with Gasteiger partial charge < -0.3 is 0 Å². The summed E-state index contributed by atoms with van der Waals surface area (Å²) in [6.07, 6.45) is 0. The van der Waals surface area contributed by atoms with Crippen LogP contribution in [-0.2, 0) is 22.4 Å². The molecule has 3 rings (SSSR count). The maximum absolute atomic E-state index is 2.50. The molecule has 0 aliphatic heterocycles. The molecular formula is C22H27AuPSi. The van der Waals surface area contributed by atoms with Gasteiger partial charge in [0.05, 0.1) is 0 Å². The predicted octanol–water partition coefficient (Wildman–Crippen LogP) is 4.59. The Labute approximate surface area is 169 Å². The molecule has 0 aromatic heterocycles. The molecule has 0 amide bonds. The fraction of sp³-hybridized carbons (Fsp3) is 0.182. The fourth-order valence-corrected chi connectivity index (χ4v) is 15.9. The van der Waals surface area contributed by atoms with Crippen molar-refractivity contribution < 1.29 is 22.4 Å². The van der Waals surface area contributed by atoms with Crippen molar-refractivity contribution in [2.45, 2.75) is 19.6 Å². The van der Waals surface area contributed by atoms with E-state index in [9.17, 15) is 0 Å². The van der Waals surface area contributed by atoms with Crippen LogP contribution in [0.4, 0.5) is 0 Å². The van der Waals surface area contributed by atoms with Crippen molar-refractivity contribution in [2.75, 3.05) is 5.79 Å². The van der Waals surface area contributed by atoms with E-state index in [1.165, 1.54) is 21.7 Å². The molecule has 0 heterocycles. The van der Waals surface area contributed by atoms with Gasteiger partial charge >= 0.3 is 148 Å². The zero-order valence-electron chi connectivity index (χ0n) is 15.2. The average molecular weight is 547 g/mol. The third kappa shape index (κ3) is 4.61. The van der Waals surface area contributed by atoms with Crippen molar-refractivity contribution in [3.05, 3.63) is 91.0 Å². The third-order valence-corrected chi connectivity index (χ3v) is 14.9. The van der Waals surface area contributed by atoms with Crippen molar-refractivity contribution in [3.63, 3.8) is 0 Å². The van der Waals surface area contributed by atoms with Gasteiger partial charge in [0.25, 0.3) is 0 Å². The van der Waals surface area contributed by atoms with Gasteiger partial charge in [0.2, 0.25) is 0 Å². The minimum atomic E-state index is -2.00. The third-order valence-electron chi connectivity index (χ3n) is 4.60. The first-order chi connectivity index (χ1) is 11.5. The maximum atomic E-state index is 2.50. The molecule has 3 heteroatoms. The van der Waals surface area contributed by atoms with Gasteiger partial charge in [-0.15, -0.1) is 0 Å². The molecular weight excluding hydrogens is 520 g/mol. The number of hydrogen-bond acceptors (Lipinski definition) is 0. The minimum absolute atomic E-state index is 0. The van der Waals surface area contributed by atoms with E-state index in [1.807, 2.05) is 0 Å². The molecule has 0 N–H and O–H groups in total. The monoisotopic (exact) mass is 547 g/mol. The van der Waals surface area contributed by atoms with Gasteiger partial charge in [0.15, 0.2) is 0 Å². The Balaban J connectivity index is 0.00000225. The second-order valence-electron chi connectivity index (χ2n) is 7.74. The molecule has 0 bridgehead atoms. The predicted molar refractivity (Wildman–Crippen MR) is 115 cm³/mol. The summed E-state index contributed by atoms with van der Waals surface area (Å²) in [6.45, 7) is 7.51. The maximum Gasteiger partial charge on any atom is 0 e. The zero-order chi connectivity index (χ0) is 17.0. The summed E-state index contributed by atoms with van der Waals surface area (Å²) in [6, 6.07) is 33.7. The Morgan fingerprint density at radius 2 is 0.840 bits per heavy atom. The molecule has 0 atom stereocenters. The largest absolute Gasteiger partial charge is 0 e. The molecule has 25 heavy (non-hydrogen) atoms. The SMILES string of the molecule is C[Si](C)(C)C[PH](c1ccccc1)(c1ccccc1)c1ccccc1.[Au]. The van der Waals surface area contributed by atoms with E-state index in [2.05, 4.69) is 111 Å². The van der Waals surface area contributed by atoms with Crippen LogP contribution < -0.4 is 15.9 Å². The molecule has 135 valence electrons. The smallest absolute Gasteiger partial charge is 0 e. The van der Waals surface area contributed by atoms with Crippen LogP contribution in [0.15, 0.2) is 91.0 Å². The van der Waals surface area contributed by atoms with Crippen LogP contribution in [-0.4, -0.2) is 13.9 Å². The summed E-state index contributed by atoms with van der Waals surface area (Å²) in [5, 5.41) is 4.60. The summed E-state index contributed by atoms with van der Waals surface area (Å²) in [5.74, 6) is 1.33. The van der Waals surface area contributed by atoms with Crippen LogP contribution in [0.2, 0.25) is 19.6 Å². The Morgan fingerprint density at radius 1 is 0.560 bits per heavy atom. The summed E-state index contributed by atoms with van der Waals surface area (Å²) >= 11 is 0. The zero-order valence-corrected chi connectivity index (χ0v) is 19.3. The van der Waals surface area contributed by atoms with Crippen molar-refractivity contribution in [1.29, 1.82) is 0 Å². The summed E-state index contributed by atoms with van der Waals surface area (Å²) in [5.41, 5.74) is 0. The summed E-state index contributed by atoms with van der Waals surface area (Å²) in [4.78, 5) is 0. The van der Waals surface area contributed by atoms with E-state index in [0.29, 0.717) is 0 Å².